The first kappa shape index (κ1) is 21.0. The molecule has 8 heteroatoms. The number of aliphatic imine (C=N–C) groups is 1. The van der Waals surface area contributed by atoms with E-state index in [0.717, 1.165) is 37.0 Å². The molecule has 0 radical (unpaired) electrons. The Morgan fingerprint density at radius 3 is 2.73 bits per heavy atom. The third kappa shape index (κ3) is 5.35. The van der Waals surface area contributed by atoms with Crippen LogP contribution in [-0.2, 0) is 6.54 Å². The van der Waals surface area contributed by atoms with Gasteiger partial charge in [0.15, 0.2) is 5.96 Å². The van der Waals surface area contributed by atoms with Crippen LogP contribution < -0.4 is 5.32 Å². The van der Waals surface area contributed by atoms with Gasteiger partial charge >= 0.3 is 0 Å². The molecular weight excluding hydrogens is 459 g/mol. The van der Waals surface area contributed by atoms with Gasteiger partial charge in [-0.15, -0.1) is 24.0 Å². The van der Waals surface area contributed by atoms with E-state index < -0.39 is 0 Å². The molecule has 0 amide bonds. The Balaban J connectivity index is 0.00000243. The number of thioether (sulfide) groups is 1. The van der Waals surface area contributed by atoms with E-state index in [0.29, 0.717) is 11.2 Å². The third-order valence-electron chi connectivity index (χ3n) is 4.42. The van der Waals surface area contributed by atoms with Crippen LogP contribution in [0.2, 0.25) is 0 Å². The number of hydrogen-bond donors (Lipinski definition) is 1. The van der Waals surface area contributed by atoms with Gasteiger partial charge in [0.25, 0.3) is 0 Å². The molecule has 6 nitrogen and oxygen atoms in total. The summed E-state index contributed by atoms with van der Waals surface area (Å²) in [5.41, 5.74) is 2.23. The summed E-state index contributed by atoms with van der Waals surface area (Å²) < 4.78 is 1.76. The number of benzene rings is 1. The monoisotopic (exact) mass is 486 g/mol. The number of nitrogens with zero attached hydrogens (tertiary/aromatic N) is 5. The SMILES string of the molecule is CN=C(NCc1ccc(-n2cncn2)cc1)N1CCSC(C(C)C)C1.I. The summed E-state index contributed by atoms with van der Waals surface area (Å²) in [6, 6.07) is 8.34. The van der Waals surface area contributed by atoms with E-state index in [1.807, 2.05) is 7.05 Å². The van der Waals surface area contributed by atoms with Crippen LogP contribution in [-0.4, -0.2) is 56.8 Å². The van der Waals surface area contributed by atoms with Crippen LogP contribution in [0, 0.1) is 5.92 Å². The highest BCUT2D eigenvalue weighted by atomic mass is 127. The molecule has 0 spiro atoms. The first-order chi connectivity index (χ1) is 12.2. The summed E-state index contributed by atoms with van der Waals surface area (Å²) in [7, 11) is 1.86. The summed E-state index contributed by atoms with van der Waals surface area (Å²) in [6.07, 6.45) is 3.25. The average Bonchev–Trinajstić information content (AvgIpc) is 3.18. The molecule has 2 heterocycles. The molecule has 26 heavy (non-hydrogen) atoms. The van der Waals surface area contributed by atoms with Crippen molar-refractivity contribution in [3.8, 4) is 5.69 Å². The summed E-state index contributed by atoms with van der Waals surface area (Å²) >= 11 is 2.08. The molecule has 1 unspecified atom stereocenters. The molecule has 1 aliphatic rings. The number of nitrogens with one attached hydrogen (secondary N) is 1. The minimum Gasteiger partial charge on any atom is -0.352 e. The number of aromatic nitrogens is 3. The van der Waals surface area contributed by atoms with Crippen molar-refractivity contribution in [1.29, 1.82) is 0 Å². The molecule has 1 aliphatic heterocycles. The fourth-order valence-electron chi connectivity index (χ4n) is 2.89. The maximum absolute atomic E-state index is 4.48. The smallest absolute Gasteiger partial charge is 0.193 e. The van der Waals surface area contributed by atoms with Gasteiger partial charge in [0.05, 0.1) is 5.69 Å². The maximum atomic E-state index is 4.48. The highest BCUT2D eigenvalue weighted by Gasteiger charge is 2.24. The molecule has 1 fully saturated rings. The molecule has 1 aromatic carbocycles. The van der Waals surface area contributed by atoms with Crippen LogP contribution >= 0.6 is 35.7 Å². The van der Waals surface area contributed by atoms with Crippen LogP contribution in [0.1, 0.15) is 19.4 Å². The van der Waals surface area contributed by atoms with Crippen molar-refractivity contribution in [1.82, 2.24) is 25.0 Å². The second-order valence-corrected chi connectivity index (χ2v) is 7.85. The van der Waals surface area contributed by atoms with E-state index in [-0.39, 0.29) is 24.0 Å². The highest BCUT2D eigenvalue weighted by molar-refractivity contribution is 14.0. The Bertz CT molecular complexity index is 686. The van der Waals surface area contributed by atoms with Gasteiger partial charge in [-0.05, 0) is 23.6 Å². The summed E-state index contributed by atoms with van der Waals surface area (Å²) in [5.74, 6) is 2.84. The zero-order valence-electron chi connectivity index (χ0n) is 15.5. The fourth-order valence-corrected chi connectivity index (χ4v) is 4.19. The van der Waals surface area contributed by atoms with Gasteiger partial charge in [-0.1, -0.05) is 26.0 Å². The minimum atomic E-state index is 0. The van der Waals surface area contributed by atoms with Crippen LogP contribution in [0.5, 0.6) is 0 Å². The second kappa shape index (κ2) is 10.1. The van der Waals surface area contributed by atoms with Crippen LogP contribution in [0.3, 0.4) is 0 Å². The van der Waals surface area contributed by atoms with E-state index in [4.69, 9.17) is 0 Å². The molecule has 1 saturated heterocycles. The van der Waals surface area contributed by atoms with Gasteiger partial charge in [0.2, 0.25) is 0 Å². The first-order valence-corrected chi connectivity index (χ1v) is 9.73. The molecule has 0 bridgehead atoms. The lowest BCUT2D eigenvalue weighted by molar-refractivity contribution is 0.380. The second-order valence-electron chi connectivity index (χ2n) is 6.51. The van der Waals surface area contributed by atoms with Crippen molar-refractivity contribution in [2.75, 3.05) is 25.9 Å². The number of rotatable bonds is 4. The van der Waals surface area contributed by atoms with Gasteiger partial charge in [0.1, 0.15) is 12.7 Å². The van der Waals surface area contributed by atoms with Crippen molar-refractivity contribution in [3.63, 3.8) is 0 Å². The molecule has 0 aliphatic carbocycles. The van der Waals surface area contributed by atoms with Crippen molar-refractivity contribution in [2.45, 2.75) is 25.6 Å². The van der Waals surface area contributed by atoms with E-state index >= 15 is 0 Å². The lowest BCUT2D eigenvalue weighted by Gasteiger charge is -2.36. The lowest BCUT2D eigenvalue weighted by Crippen LogP contribution is -2.48. The van der Waals surface area contributed by atoms with E-state index in [1.165, 1.54) is 5.56 Å². The number of hydrogen-bond acceptors (Lipinski definition) is 4. The van der Waals surface area contributed by atoms with Gasteiger partial charge in [-0.2, -0.15) is 16.9 Å². The van der Waals surface area contributed by atoms with Gasteiger partial charge in [0, 0.05) is 37.7 Å². The van der Waals surface area contributed by atoms with Gasteiger partial charge in [-0.3, -0.25) is 4.99 Å². The molecule has 0 saturated carbocycles. The topological polar surface area (TPSA) is 58.3 Å². The molecule has 1 atom stereocenters. The Morgan fingerprint density at radius 2 is 2.12 bits per heavy atom. The van der Waals surface area contributed by atoms with Gasteiger partial charge < -0.3 is 10.2 Å². The predicted octanol–water partition coefficient (Wildman–Crippen LogP) is 3.03. The predicted molar refractivity (Wildman–Crippen MR) is 120 cm³/mol. The first-order valence-electron chi connectivity index (χ1n) is 8.68. The van der Waals surface area contributed by atoms with Crippen LogP contribution in [0.4, 0.5) is 0 Å². The van der Waals surface area contributed by atoms with Gasteiger partial charge in [-0.25, -0.2) is 9.67 Å². The average molecular weight is 486 g/mol. The fraction of sp³-hybridized carbons (Fsp3) is 0.500. The summed E-state index contributed by atoms with van der Waals surface area (Å²) in [4.78, 5) is 10.8. The highest BCUT2D eigenvalue weighted by Crippen LogP contribution is 2.24. The molecule has 1 N–H and O–H groups in total. The van der Waals surface area contributed by atoms with E-state index in [2.05, 4.69) is 75.2 Å². The molecular formula is C18H27IN6S. The quantitative estimate of drug-likeness (QED) is 0.409. The van der Waals surface area contributed by atoms with Crippen molar-refractivity contribution in [3.05, 3.63) is 42.5 Å². The van der Waals surface area contributed by atoms with Crippen molar-refractivity contribution in [2.24, 2.45) is 10.9 Å². The Kier molecular flexibility index (Phi) is 8.20. The Labute approximate surface area is 176 Å². The standard InChI is InChI=1S/C18H26N6S.HI/c1-14(2)17-11-23(8-9-25-17)18(19-3)21-10-15-4-6-16(7-5-15)24-13-20-12-22-24;/h4-7,12-14,17H,8-11H2,1-3H3,(H,19,21);1H. The van der Waals surface area contributed by atoms with E-state index in [9.17, 15) is 0 Å². The largest absolute Gasteiger partial charge is 0.352 e. The normalized spacial score (nSPS) is 17.9. The molecule has 3 rings (SSSR count). The van der Waals surface area contributed by atoms with Crippen molar-refractivity contribution >= 4 is 41.7 Å². The number of guanidine groups is 1. The van der Waals surface area contributed by atoms with E-state index in [1.54, 1.807) is 17.3 Å². The molecule has 2 aromatic rings. The number of halogens is 1. The van der Waals surface area contributed by atoms with Crippen LogP contribution in [0.25, 0.3) is 5.69 Å². The molecule has 142 valence electrons. The summed E-state index contributed by atoms with van der Waals surface area (Å²) in [6.45, 7) is 7.48. The Morgan fingerprint density at radius 1 is 1.35 bits per heavy atom. The lowest BCUT2D eigenvalue weighted by atomic mass is 10.1. The van der Waals surface area contributed by atoms with Crippen LogP contribution in [0.15, 0.2) is 41.9 Å². The Hall–Kier alpha value is -1.29. The minimum absolute atomic E-state index is 0. The maximum Gasteiger partial charge on any atom is 0.193 e. The zero-order valence-corrected chi connectivity index (χ0v) is 18.6. The summed E-state index contributed by atoms with van der Waals surface area (Å²) in [5, 5.41) is 8.32. The van der Waals surface area contributed by atoms with Crippen molar-refractivity contribution < 1.29 is 0 Å². The zero-order chi connectivity index (χ0) is 17.6. The molecule has 1 aromatic heterocycles. The third-order valence-corrected chi connectivity index (χ3v) is 5.96.